The van der Waals surface area contributed by atoms with Gasteiger partial charge in [-0.25, -0.2) is 0 Å². The van der Waals surface area contributed by atoms with E-state index in [1.807, 2.05) is 10.9 Å². The molecule has 2 N–H and O–H groups in total. The molecule has 1 saturated heterocycles. The van der Waals surface area contributed by atoms with Crippen LogP contribution < -0.4 is 10.6 Å². The summed E-state index contributed by atoms with van der Waals surface area (Å²) < 4.78 is 26.4. The Morgan fingerprint density at radius 2 is 2.08 bits per heavy atom. The van der Waals surface area contributed by atoms with Gasteiger partial charge in [-0.05, 0) is 49.7 Å². The van der Waals surface area contributed by atoms with Crippen molar-refractivity contribution in [2.75, 3.05) is 18.4 Å². The lowest BCUT2D eigenvalue weighted by molar-refractivity contribution is 0.102. The Morgan fingerprint density at radius 3 is 2.72 bits per heavy atom. The molecule has 1 atom stereocenters. The Hall–Kier alpha value is -1.64. The number of rotatable bonds is 5. The number of carbonyl (C=O) groups excluding carboxylic acids is 1. The number of benzene rings is 1. The Labute approximate surface area is 155 Å². The number of amides is 1. The summed E-state index contributed by atoms with van der Waals surface area (Å²) in [6, 6.07) is 8.27. The van der Waals surface area contributed by atoms with Gasteiger partial charge in [0, 0.05) is 23.3 Å². The highest BCUT2D eigenvalue weighted by molar-refractivity contribution is 7.99. The lowest BCUT2D eigenvalue weighted by Crippen LogP contribution is -2.32. The maximum Gasteiger partial charge on any atom is 0.288 e. The molecule has 0 saturated carbocycles. The number of hydrogen-bond donors (Lipinski definition) is 2. The molecule has 0 radical (unpaired) electrons. The monoisotopic (exact) mass is 388 g/mol. The number of nitrogens with one attached hydrogen (secondary N) is 2. The fraction of sp³-hybridized carbons (Fsp3) is 0.375. The van der Waals surface area contributed by atoms with Gasteiger partial charge in [0.05, 0.1) is 6.04 Å². The first kappa shape index (κ1) is 19.7. The molecular weight excluding hydrogens is 370 g/mol. The van der Waals surface area contributed by atoms with E-state index in [-0.39, 0.29) is 24.4 Å². The first-order chi connectivity index (χ1) is 11.6. The number of aromatic nitrogens is 2. The quantitative estimate of drug-likeness (QED) is 0.765. The summed E-state index contributed by atoms with van der Waals surface area (Å²) >= 11 is 0.474. The molecule has 1 aliphatic heterocycles. The van der Waals surface area contributed by atoms with E-state index in [1.165, 1.54) is 0 Å². The largest absolute Gasteiger partial charge is 0.321 e. The van der Waals surface area contributed by atoms with Gasteiger partial charge in [0.2, 0.25) is 0 Å². The molecule has 1 aromatic carbocycles. The summed E-state index contributed by atoms with van der Waals surface area (Å²) in [5, 5.41) is 10.4. The van der Waals surface area contributed by atoms with Crippen molar-refractivity contribution >= 4 is 35.8 Å². The smallest absolute Gasteiger partial charge is 0.288 e. The van der Waals surface area contributed by atoms with Crippen LogP contribution in [0.25, 0.3) is 0 Å². The molecule has 0 aliphatic carbocycles. The average molecular weight is 389 g/mol. The van der Waals surface area contributed by atoms with E-state index in [0.29, 0.717) is 28.0 Å². The van der Waals surface area contributed by atoms with Crippen LogP contribution in [0.2, 0.25) is 0 Å². The Kier molecular flexibility index (Phi) is 7.22. The van der Waals surface area contributed by atoms with Gasteiger partial charge < -0.3 is 10.6 Å². The minimum atomic E-state index is -2.45. The number of alkyl halides is 2. The van der Waals surface area contributed by atoms with Gasteiger partial charge >= 0.3 is 0 Å². The highest BCUT2D eigenvalue weighted by Crippen LogP contribution is 2.26. The van der Waals surface area contributed by atoms with E-state index in [2.05, 4.69) is 15.7 Å². The van der Waals surface area contributed by atoms with Crippen molar-refractivity contribution in [3.63, 3.8) is 0 Å². The van der Waals surface area contributed by atoms with Crippen molar-refractivity contribution in [2.24, 2.45) is 0 Å². The van der Waals surface area contributed by atoms with Crippen LogP contribution in [0.1, 0.15) is 29.4 Å². The van der Waals surface area contributed by atoms with Gasteiger partial charge in [-0.15, -0.1) is 12.4 Å². The second-order valence-corrected chi connectivity index (χ2v) is 6.60. The number of anilines is 1. The highest BCUT2D eigenvalue weighted by atomic mass is 35.5. The summed E-state index contributed by atoms with van der Waals surface area (Å²) in [4.78, 5) is 12.7. The highest BCUT2D eigenvalue weighted by Gasteiger charge is 2.17. The van der Waals surface area contributed by atoms with Gasteiger partial charge in [-0.1, -0.05) is 11.8 Å². The maximum atomic E-state index is 12.3. The number of carbonyl (C=O) groups is 1. The van der Waals surface area contributed by atoms with Crippen LogP contribution in [0, 0.1) is 0 Å². The Bertz CT molecular complexity index is 690. The number of piperidine rings is 1. The minimum absolute atomic E-state index is 0. The van der Waals surface area contributed by atoms with Crippen molar-refractivity contribution in [2.45, 2.75) is 29.5 Å². The fourth-order valence-corrected chi connectivity index (χ4v) is 3.14. The molecule has 5 nitrogen and oxygen atoms in total. The Balaban J connectivity index is 0.00000225. The summed E-state index contributed by atoms with van der Waals surface area (Å²) in [6.07, 6.45) is 3.95. The molecule has 25 heavy (non-hydrogen) atoms. The fourth-order valence-electron chi connectivity index (χ4n) is 2.64. The van der Waals surface area contributed by atoms with Crippen LogP contribution in [0.3, 0.4) is 0 Å². The first-order valence-corrected chi connectivity index (χ1v) is 8.62. The predicted molar refractivity (Wildman–Crippen MR) is 96.9 cm³/mol. The number of hydrogen-bond acceptors (Lipinski definition) is 4. The Morgan fingerprint density at radius 1 is 1.32 bits per heavy atom. The molecule has 1 aliphatic rings. The third kappa shape index (κ3) is 5.42. The molecule has 2 heterocycles. The second-order valence-electron chi connectivity index (χ2n) is 5.54. The number of thioether (sulfide) groups is 1. The molecule has 3 rings (SSSR count). The molecule has 9 heteroatoms. The van der Waals surface area contributed by atoms with Crippen LogP contribution in [0.5, 0.6) is 0 Å². The van der Waals surface area contributed by atoms with Crippen LogP contribution in [0.4, 0.5) is 14.5 Å². The van der Waals surface area contributed by atoms with Crippen molar-refractivity contribution in [1.29, 1.82) is 0 Å². The zero-order valence-corrected chi connectivity index (χ0v) is 15.0. The van der Waals surface area contributed by atoms with Gasteiger partial charge in [0.1, 0.15) is 0 Å². The maximum absolute atomic E-state index is 12.3. The van der Waals surface area contributed by atoms with Crippen molar-refractivity contribution in [3.05, 3.63) is 42.2 Å². The second kappa shape index (κ2) is 9.17. The number of halogens is 3. The lowest BCUT2D eigenvalue weighted by atomic mass is 10.1. The standard InChI is InChI=1S/C16H18F2N4OS.ClH/c17-16(18)24-13-5-3-11(4-6-13)20-15(23)14-7-9-22(21-14)12-2-1-8-19-10-12;/h3-7,9,12,16,19H,1-2,8,10H2,(H,20,23);1H. The predicted octanol–water partition coefficient (Wildman–Crippen LogP) is 3.80. The summed E-state index contributed by atoms with van der Waals surface area (Å²) in [5.41, 5.74) is 0.888. The van der Waals surface area contributed by atoms with Crippen LogP contribution in [0.15, 0.2) is 41.4 Å². The molecule has 2 aromatic rings. The van der Waals surface area contributed by atoms with E-state index in [9.17, 15) is 13.6 Å². The zero-order valence-electron chi connectivity index (χ0n) is 13.3. The molecular formula is C16H19ClF2N4OS. The van der Waals surface area contributed by atoms with Crippen molar-refractivity contribution < 1.29 is 13.6 Å². The van der Waals surface area contributed by atoms with Crippen molar-refractivity contribution in [1.82, 2.24) is 15.1 Å². The lowest BCUT2D eigenvalue weighted by Gasteiger charge is -2.22. The van der Waals surface area contributed by atoms with Gasteiger partial charge in [0.25, 0.3) is 11.7 Å². The van der Waals surface area contributed by atoms with Gasteiger partial charge in [-0.3, -0.25) is 9.48 Å². The average Bonchev–Trinajstić information content (AvgIpc) is 3.07. The molecule has 1 unspecified atom stereocenters. The van der Waals surface area contributed by atoms with Gasteiger partial charge in [0.15, 0.2) is 5.69 Å². The molecule has 0 spiro atoms. The van der Waals surface area contributed by atoms with Crippen LogP contribution in [-0.4, -0.2) is 34.5 Å². The van der Waals surface area contributed by atoms with E-state index in [4.69, 9.17) is 0 Å². The zero-order chi connectivity index (χ0) is 16.9. The van der Waals surface area contributed by atoms with Crippen LogP contribution >= 0.6 is 24.2 Å². The summed E-state index contributed by atoms with van der Waals surface area (Å²) in [7, 11) is 0. The van der Waals surface area contributed by atoms with E-state index in [1.54, 1.807) is 30.3 Å². The van der Waals surface area contributed by atoms with E-state index in [0.717, 1.165) is 25.9 Å². The summed E-state index contributed by atoms with van der Waals surface area (Å²) in [6.45, 7) is 1.87. The third-order valence-electron chi connectivity index (χ3n) is 3.82. The molecule has 1 amide bonds. The molecule has 1 fully saturated rings. The molecule has 0 bridgehead atoms. The minimum Gasteiger partial charge on any atom is -0.321 e. The normalized spacial score (nSPS) is 17.2. The van der Waals surface area contributed by atoms with Crippen LogP contribution in [-0.2, 0) is 0 Å². The van der Waals surface area contributed by atoms with Gasteiger partial charge in [-0.2, -0.15) is 13.9 Å². The topological polar surface area (TPSA) is 59.0 Å². The van der Waals surface area contributed by atoms with E-state index < -0.39 is 5.76 Å². The van der Waals surface area contributed by atoms with Crippen molar-refractivity contribution in [3.8, 4) is 0 Å². The number of nitrogens with zero attached hydrogens (tertiary/aromatic N) is 2. The molecule has 136 valence electrons. The third-order valence-corrected chi connectivity index (χ3v) is 4.55. The first-order valence-electron chi connectivity index (χ1n) is 7.74. The van der Waals surface area contributed by atoms with E-state index >= 15 is 0 Å². The SMILES string of the molecule is Cl.O=C(Nc1ccc(SC(F)F)cc1)c1ccn(C2CCCNC2)n1. The molecule has 1 aromatic heterocycles. The summed E-state index contributed by atoms with van der Waals surface area (Å²) in [5.74, 6) is -2.77.